The maximum Gasteiger partial charge on any atom is 0.267 e. The lowest BCUT2D eigenvalue weighted by Gasteiger charge is -2.32. The number of nitrogens with zero attached hydrogens (tertiary/aromatic N) is 2. The van der Waals surface area contributed by atoms with Gasteiger partial charge in [-0.05, 0) is 18.2 Å². The fraction of sp³-hybridized carbons (Fsp3) is 0.333. The summed E-state index contributed by atoms with van der Waals surface area (Å²) in [6, 6.07) is 9.20. The summed E-state index contributed by atoms with van der Waals surface area (Å²) in [6.07, 6.45) is 0.254. The number of ether oxygens (including phenoxy) is 1. The minimum atomic E-state index is -0.384. The number of carbonyl (C=O) groups is 1. The molecule has 1 N–H and O–H groups in total. The van der Waals surface area contributed by atoms with E-state index in [0.29, 0.717) is 18.5 Å². The molecule has 1 aromatic carbocycles. The Hall–Kier alpha value is -2.06. The Balaban J connectivity index is 2.14. The molecule has 2 rings (SSSR count). The summed E-state index contributed by atoms with van der Waals surface area (Å²) in [4.78, 5) is 11.6. The van der Waals surface area contributed by atoms with Crippen molar-refractivity contribution in [3.8, 4) is 6.07 Å². The van der Waals surface area contributed by atoms with Gasteiger partial charge in [-0.25, -0.2) is 0 Å². The highest BCUT2D eigenvalue weighted by Crippen LogP contribution is 2.17. The first kappa shape index (κ1) is 11.4. The number of methoxy groups -OCH3 is 1. The van der Waals surface area contributed by atoms with Crippen LogP contribution in [-0.4, -0.2) is 25.7 Å². The van der Waals surface area contributed by atoms with Crippen LogP contribution in [0.3, 0.4) is 0 Å². The second-order valence-corrected chi connectivity index (χ2v) is 3.80. The van der Waals surface area contributed by atoms with Gasteiger partial charge < -0.3 is 4.74 Å². The van der Waals surface area contributed by atoms with Gasteiger partial charge in [-0.3, -0.25) is 15.2 Å². The summed E-state index contributed by atoms with van der Waals surface area (Å²) in [5.41, 5.74) is 4.13. The van der Waals surface area contributed by atoms with Crippen molar-refractivity contribution in [1.29, 1.82) is 5.26 Å². The lowest BCUT2D eigenvalue weighted by molar-refractivity contribution is -0.133. The highest BCUT2D eigenvalue weighted by atomic mass is 16.5. The van der Waals surface area contributed by atoms with Crippen molar-refractivity contribution in [3.05, 3.63) is 29.8 Å². The minimum Gasteiger partial charge on any atom is -0.371 e. The van der Waals surface area contributed by atoms with E-state index in [1.165, 1.54) is 7.11 Å². The highest BCUT2D eigenvalue weighted by Gasteiger charge is 2.26. The molecule has 0 aromatic heterocycles. The van der Waals surface area contributed by atoms with Crippen molar-refractivity contribution in [1.82, 2.24) is 5.43 Å². The van der Waals surface area contributed by atoms with Crippen LogP contribution in [0.25, 0.3) is 0 Å². The highest BCUT2D eigenvalue weighted by molar-refractivity contribution is 5.83. The number of hydrogen-bond acceptors (Lipinski definition) is 4. The van der Waals surface area contributed by atoms with Gasteiger partial charge in [0.2, 0.25) is 0 Å². The van der Waals surface area contributed by atoms with Crippen LogP contribution in [-0.2, 0) is 9.53 Å². The SMILES string of the molecule is COC1CCN(c2cccc(C#N)c2)NC1=O. The molecule has 0 spiro atoms. The fourth-order valence-corrected chi connectivity index (χ4v) is 1.80. The molecule has 0 aliphatic carbocycles. The van der Waals surface area contributed by atoms with Crippen LogP contribution >= 0.6 is 0 Å². The topological polar surface area (TPSA) is 65.4 Å². The van der Waals surface area contributed by atoms with E-state index in [4.69, 9.17) is 10.00 Å². The van der Waals surface area contributed by atoms with Gasteiger partial charge in [0.25, 0.3) is 5.91 Å². The van der Waals surface area contributed by atoms with Gasteiger partial charge in [0.15, 0.2) is 0 Å². The Morgan fingerprint density at radius 1 is 1.59 bits per heavy atom. The molecule has 1 aromatic rings. The quantitative estimate of drug-likeness (QED) is 0.818. The molecule has 0 radical (unpaired) electrons. The van der Waals surface area contributed by atoms with Crippen LogP contribution in [0.5, 0.6) is 0 Å². The summed E-state index contributed by atoms with van der Waals surface area (Å²) in [5.74, 6) is -0.152. The molecule has 1 atom stereocenters. The van der Waals surface area contributed by atoms with E-state index in [-0.39, 0.29) is 12.0 Å². The Labute approximate surface area is 99.6 Å². The number of nitriles is 1. The largest absolute Gasteiger partial charge is 0.371 e. The minimum absolute atomic E-state index is 0.152. The van der Waals surface area contributed by atoms with Crippen molar-refractivity contribution < 1.29 is 9.53 Å². The second-order valence-electron chi connectivity index (χ2n) is 3.80. The third kappa shape index (κ3) is 2.37. The average molecular weight is 231 g/mol. The standard InChI is InChI=1S/C12H13N3O2/c1-17-11-5-6-15(14-12(11)16)10-4-2-3-9(7-10)8-13/h2-4,7,11H,5-6H2,1H3,(H,14,16). The monoisotopic (exact) mass is 231 g/mol. The zero-order chi connectivity index (χ0) is 12.3. The molecule has 5 heteroatoms. The summed E-state index contributed by atoms with van der Waals surface area (Å²) < 4.78 is 5.04. The average Bonchev–Trinajstić information content (AvgIpc) is 2.38. The zero-order valence-corrected chi connectivity index (χ0v) is 9.51. The van der Waals surface area contributed by atoms with E-state index >= 15 is 0 Å². The van der Waals surface area contributed by atoms with Crippen LogP contribution < -0.4 is 10.4 Å². The van der Waals surface area contributed by atoms with Crippen molar-refractivity contribution in [3.63, 3.8) is 0 Å². The number of hydrazine groups is 1. The molecule has 1 amide bonds. The number of carbonyl (C=O) groups excluding carboxylic acids is 1. The fourth-order valence-electron chi connectivity index (χ4n) is 1.80. The van der Waals surface area contributed by atoms with E-state index in [0.717, 1.165) is 5.69 Å². The second kappa shape index (κ2) is 4.85. The number of hydrogen-bond donors (Lipinski definition) is 1. The van der Waals surface area contributed by atoms with Crippen LogP contribution in [0.15, 0.2) is 24.3 Å². The Morgan fingerprint density at radius 2 is 2.41 bits per heavy atom. The van der Waals surface area contributed by atoms with Gasteiger partial charge in [0, 0.05) is 20.1 Å². The molecule has 1 aliphatic rings. The van der Waals surface area contributed by atoms with E-state index < -0.39 is 0 Å². The van der Waals surface area contributed by atoms with Gasteiger partial charge in [-0.2, -0.15) is 5.26 Å². The number of anilines is 1. The first-order chi connectivity index (χ1) is 8.24. The Kier molecular flexibility index (Phi) is 3.26. The lowest BCUT2D eigenvalue weighted by atomic mass is 10.1. The van der Waals surface area contributed by atoms with Crippen LogP contribution in [0.2, 0.25) is 0 Å². The summed E-state index contributed by atoms with van der Waals surface area (Å²) in [5, 5.41) is 10.6. The van der Waals surface area contributed by atoms with Gasteiger partial charge in [-0.15, -0.1) is 0 Å². The summed E-state index contributed by atoms with van der Waals surface area (Å²) in [6.45, 7) is 0.666. The first-order valence-corrected chi connectivity index (χ1v) is 5.35. The number of rotatable bonds is 2. The molecule has 0 saturated carbocycles. The van der Waals surface area contributed by atoms with E-state index in [1.807, 2.05) is 6.07 Å². The molecule has 1 aliphatic heterocycles. The van der Waals surface area contributed by atoms with Crippen molar-refractivity contribution >= 4 is 11.6 Å². The Morgan fingerprint density at radius 3 is 3.06 bits per heavy atom. The molecular weight excluding hydrogens is 218 g/mol. The molecule has 1 fully saturated rings. The molecular formula is C12H13N3O2. The molecule has 1 heterocycles. The van der Waals surface area contributed by atoms with Crippen LogP contribution in [0, 0.1) is 11.3 Å². The number of benzene rings is 1. The molecule has 0 bridgehead atoms. The molecule has 88 valence electrons. The number of nitrogens with one attached hydrogen (secondary N) is 1. The predicted molar refractivity (Wildman–Crippen MR) is 62.1 cm³/mol. The Bertz CT molecular complexity index is 467. The van der Waals surface area contributed by atoms with E-state index in [2.05, 4.69) is 11.5 Å². The third-order valence-corrected chi connectivity index (χ3v) is 2.72. The maximum absolute atomic E-state index is 11.6. The van der Waals surface area contributed by atoms with Crippen LogP contribution in [0.4, 0.5) is 5.69 Å². The zero-order valence-electron chi connectivity index (χ0n) is 9.51. The maximum atomic E-state index is 11.6. The lowest BCUT2D eigenvalue weighted by Crippen LogP contribution is -2.54. The smallest absolute Gasteiger partial charge is 0.267 e. The van der Waals surface area contributed by atoms with E-state index in [9.17, 15) is 4.79 Å². The van der Waals surface area contributed by atoms with Gasteiger partial charge in [-0.1, -0.05) is 6.07 Å². The molecule has 5 nitrogen and oxygen atoms in total. The molecule has 1 saturated heterocycles. The summed E-state index contributed by atoms with van der Waals surface area (Å²) in [7, 11) is 1.52. The van der Waals surface area contributed by atoms with Gasteiger partial charge in [0.1, 0.15) is 6.10 Å². The third-order valence-electron chi connectivity index (χ3n) is 2.72. The first-order valence-electron chi connectivity index (χ1n) is 5.35. The molecule has 17 heavy (non-hydrogen) atoms. The normalized spacial score (nSPS) is 19.6. The number of amides is 1. The predicted octanol–water partition coefficient (Wildman–Crippen LogP) is 0.815. The van der Waals surface area contributed by atoms with Crippen molar-refractivity contribution in [2.24, 2.45) is 0 Å². The van der Waals surface area contributed by atoms with Gasteiger partial charge in [0.05, 0.1) is 17.3 Å². The summed E-state index contributed by atoms with van der Waals surface area (Å²) >= 11 is 0. The van der Waals surface area contributed by atoms with Crippen molar-refractivity contribution in [2.75, 3.05) is 18.7 Å². The van der Waals surface area contributed by atoms with Gasteiger partial charge >= 0.3 is 0 Å². The van der Waals surface area contributed by atoms with E-state index in [1.54, 1.807) is 23.2 Å². The van der Waals surface area contributed by atoms with Crippen molar-refractivity contribution in [2.45, 2.75) is 12.5 Å². The van der Waals surface area contributed by atoms with Crippen LogP contribution in [0.1, 0.15) is 12.0 Å². The molecule has 1 unspecified atom stereocenters.